The van der Waals surface area contributed by atoms with Gasteiger partial charge in [-0.2, -0.15) is 0 Å². The summed E-state index contributed by atoms with van der Waals surface area (Å²) in [5, 5.41) is 0. The Balaban J connectivity index is 2.64. The van der Waals surface area contributed by atoms with Crippen molar-refractivity contribution in [2.45, 2.75) is 32.8 Å². The minimum Gasteiger partial charge on any atom is -0.492 e. The van der Waals surface area contributed by atoms with E-state index in [2.05, 4.69) is 15.9 Å². The molecule has 0 saturated carbocycles. The number of hydrogen-bond donors (Lipinski definition) is 0. The molecule has 0 aromatic heterocycles. The average molecular weight is 359 g/mol. The Kier molecular flexibility index (Phi) is 6.20. The van der Waals surface area contributed by atoms with Gasteiger partial charge in [0.25, 0.3) is 0 Å². The molecule has 1 aromatic carbocycles. The van der Waals surface area contributed by atoms with Crippen LogP contribution in [-0.4, -0.2) is 31.3 Å². The Morgan fingerprint density at radius 2 is 1.90 bits per heavy atom. The number of ether oxygens (including phenoxy) is 3. The third-order valence-electron chi connectivity index (χ3n) is 2.33. The van der Waals surface area contributed by atoms with Crippen molar-refractivity contribution >= 4 is 27.9 Å². The highest BCUT2D eigenvalue weighted by Crippen LogP contribution is 2.24. The lowest BCUT2D eigenvalue weighted by molar-refractivity contribution is -0.155. The van der Waals surface area contributed by atoms with Crippen LogP contribution >= 0.6 is 15.9 Å². The summed E-state index contributed by atoms with van der Waals surface area (Å²) in [6.07, 6.45) is 0.105. The fourth-order valence-electron chi connectivity index (χ4n) is 1.53. The maximum absolute atomic E-state index is 11.7. The van der Waals surface area contributed by atoms with E-state index in [9.17, 15) is 9.59 Å². The summed E-state index contributed by atoms with van der Waals surface area (Å²) in [4.78, 5) is 23.2. The van der Waals surface area contributed by atoms with Crippen molar-refractivity contribution in [1.29, 1.82) is 0 Å². The van der Waals surface area contributed by atoms with E-state index < -0.39 is 11.6 Å². The van der Waals surface area contributed by atoms with Crippen LogP contribution < -0.4 is 4.74 Å². The maximum Gasteiger partial charge on any atom is 0.341 e. The van der Waals surface area contributed by atoms with Crippen molar-refractivity contribution in [1.82, 2.24) is 0 Å². The van der Waals surface area contributed by atoms with Crippen molar-refractivity contribution in [2.24, 2.45) is 0 Å². The normalized spacial score (nSPS) is 10.9. The molecule has 21 heavy (non-hydrogen) atoms. The summed E-state index contributed by atoms with van der Waals surface area (Å²) in [5.41, 5.74) is -0.220. The zero-order valence-electron chi connectivity index (χ0n) is 12.6. The zero-order valence-corrected chi connectivity index (χ0v) is 14.2. The van der Waals surface area contributed by atoms with Crippen molar-refractivity contribution < 1.29 is 23.8 Å². The maximum atomic E-state index is 11.7. The van der Waals surface area contributed by atoms with Crippen molar-refractivity contribution in [2.75, 3.05) is 13.7 Å². The highest BCUT2D eigenvalue weighted by molar-refractivity contribution is 9.10. The van der Waals surface area contributed by atoms with Crippen molar-refractivity contribution in [3.63, 3.8) is 0 Å². The van der Waals surface area contributed by atoms with Gasteiger partial charge in [0.1, 0.15) is 16.9 Å². The second-order valence-electron chi connectivity index (χ2n) is 5.32. The Labute approximate surface area is 132 Å². The van der Waals surface area contributed by atoms with Gasteiger partial charge >= 0.3 is 11.9 Å². The SMILES string of the molecule is COC(=O)c1cc(Br)ccc1OCCC(=O)OC(C)(C)C. The van der Waals surface area contributed by atoms with Crippen LogP contribution in [0.1, 0.15) is 37.6 Å². The third kappa shape index (κ3) is 6.16. The monoisotopic (exact) mass is 358 g/mol. The molecule has 5 nitrogen and oxygen atoms in total. The summed E-state index contributed by atoms with van der Waals surface area (Å²) < 4.78 is 16.1. The summed E-state index contributed by atoms with van der Waals surface area (Å²) in [6, 6.07) is 5.00. The highest BCUT2D eigenvalue weighted by atomic mass is 79.9. The van der Waals surface area contributed by atoms with Crippen LogP contribution in [0.5, 0.6) is 5.75 Å². The lowest BCUT2D eigenvalue weighted by atomic mass is 10.2. The molecule has 1 rings (SSSR count). The van der Waals surface area contributed by atoms with E-state index in [0.29, 0.717) is 11.3 Å². The molecule has 0 aliphatic rings. The lowest BCUT2D eigenvalue weighted by Gasteiger charge is -2.19. The van der Waals surface area contributed by atoms with Crippen molar-refractivity contribution in [3.05, 3.63) is 28.2 Å². The number of rotatable bonds is 5. The second-order valence-corrected chi connectivity index (χ2v) is 6.23. The Bertz CT molecular complexity index is 519. The van der Waals surface area contributed by atoms with E-state index in [1.165, 1.54) is 7.11 Å². The van der Waals surface area contributed by atoms with Crippen LogP contribution in [0.15, 0.2) is 22.7 Å². The van der Waals surface area contributed by atoms with E-state index in [4.69, 9.17) is 14.2 Å². The van der Waals surface area contributed by atoms with Gasteiger partial charge in [-0.25, -0.2) is 4.79 Å². The molecule has 0 saturated heterocycles. The molecule has 116 valence electrons. The van der Waals surface area contributed by atoms with Crippen LogP contribution in [0.4, 0.5) is 0 Å². The van der Waals surface area contributed by atoms with Crippen molar-refractivity contribution in [3.8, 4) is 5.75 Å². The second kappa shape index (κ2) is 7.45. The van der Waals surface area contributed by atoms with Gasteiger partial charge < -0.3 is 14.2 Å². The van der Waals surface area contributed by atoms with E-state index in [-0.39, 0.29) is 19.0 Å². The molecule has 0 amide bonds. The predicted molar refractivity (Wildman–Crippen MR) is 81.4 cm³/mol. The number of halogens is 1. The first-order valence-corrected chi connectivity index (χ1v) is 7.25. The van der Waals surface area contributed by atoms with Crippen LogP contribution in [-0.2, 0) is 14.3 Å². The van der Waals surface area contributed by atoms with Gasteiger partial charge in [0.15, 0.2) is 0 Å². The molecule has 0 fully saturated rings. The first-order valence-electron chi connectivity index (χ1n) is 6.45. The van der Waals surface area contributed by atoms with Gasteiger partial charge in [0.2, 0.25) is 0 Å². The summed E-state index contributed by atoms with van der Waals surface area (Å²) in [5.74, 6) is -0.476. The summed E-state index contributed by atoms with van der Waals surface area (Å²) >= 11 is 3.28. The minimum atomic E-state index is -0.522. The fraction of sp³-hybridized carbons (Fsp3) is 0.467. The molecule has 6 heteroatoms. The van der Waals surface area contributed by atoms with Gasteiger partial charge in [0.05, 0.1) is 20.1 Å². The third-order valence-corrected chi connectivity index (χ3v) is 2.82. The topological polar surface area (TPSA) is 61.8 Å². The largest absolute Gasteiger partial charge is 0.492 e. The fourth-order valence-corrected chi connectivity index (χ4v) is 1.90. The number of hydrogen-bond acceptors (Lipinski definition) is 5. The molecular weight excluding hydrogens is 340 g/mol. The zero-order chi connectivity index (χ0) is 16.0. The molecule has 0 heterocycles. The van der Waals surface area contributed by atoms with E-state index in [1.807, 2.05) is 0 Å². The van der Waals surface area contributed by atoms with Gasteiger partial charge in [-0.05, 0) is 39.0 Å². The number of methoxy groups -OCH3 is 1. The van der Waals surface area contributed by atoms with Crippen LogP contribution in [0.3, 0.4) is 0 Å². The molecule has 0 aliphatic carbocycles. The number of carbonyl (C=O) groups is 2. The number of benzene rings is 1. The smallest absolute Gasteiger partial charge is 0.341 e. The number of carbonyl (C=O) groups excluding carboxylic acids is 2. The predicted octanol–water partition coefficient (Wildman–Crippen LogP) is 3.35. The molecule has 0 unspecified atom stereocenters. The average Bonchev–Trinajstić information content (AvgIpc) is 2.37. The van der Waals surface area contributed by atoms with E-state index >= 15 is 0 Å². The summed E-state index contributed by atoms with van der Waals surface area (Å²) in [6.45, 7) is 5.53. The lowest BCUT2D eigenvalue weighted by Crippen LogP contribution is -2.24. The van der Waals surface area contributed by atoms with Crippen LogP contribution in [0.25, 0.3) is 0 Å². The molecule has 0 radical (unpaired) electrons. The van der Waals surface area contributed by atoms with Gasteiger partial charge in [0, 0.05) is 4.47 Å². The molecule has 0 atom stereocenters. The van der Waals surface area contributed by atoms with Gasteiger partial charge in [-0.1, -0.05) is 15.9 Å². The molecule has 1 aromatic rings. The molecule has 0 aliphatic heterocycles. The molecule has 0 spiro atoms. The minimum absolute atomic E-state index is 0.105. The first kappa shape index (κ1) is 17.5. The quantitative estimate of drug-likeness (QED) is 0.755. The Morgan fingerprint density at radius 1 is 1.24 bits per heavy atom. The molecule has 0 bridgehead atoms. The number of esters is 2. The van der Waals surface area contributed by atoms with E-state index in [0.717, 1.165) is 4.47 Å². The molecule has 0 N–H and O–H groups in total. The van der Waals surface area contributed by atoms with Crippen LogP contribution in [0.2, 0.25) is 0 Å². The highest BCUT2D eigenvalue weighted by Gasteiger charge is 2.17. The first-order chi connectivity index (χ1) is 9.73. The standard InChI is InChI=1S/C15H19BrO5/c1-15(2,3)21-13(17)7-8-20-12-6-5-10(16)9-11(12)14(18)19-4/h5-6,9H,7-8H2,1-4H3. The summed E-state index contributed by atoms with van der Waals surface area (Å²) in [7, 11) is 1.30. The van der Waals surface area contributed by atoms with Gasteiger partial charge in [-0.3, -0.25) is 4.79 Å². The van der Waals surface area contributed by atoms with Crippen LogP contribution in [0, 0.1) is 0 Å². The molecular formula is C15H19BrO5. The van der Waals surface area contributed by atoms with Gasteiger partial charge in [-0.15, -0.1) is 0 Å². The Hall–Kier alpha value is -1.56. The van der Waals surface area contributed by atoms with E-state index in [1.54, 1.807) is 39.0 Å². The Morgan fingerprint density at radius 3 is 2.48 bits per heavy atom.